The van der Waals surface area contributed by atoms with Gasteiger partial charge in [-0.2, -0.15) is 0 Å². The lowest BCUT2D eigenvalue weighted by Crippen LogP contribution is -1.97. The summed E-state index contributed by atoms with van der Waals surface area (Å²) in [6.07, 6.45) is 0. The van der Waals surface area contributed by atoms with E-state index in [4.69, 9.17) is 0 Å². The van der Waals surface area contributed by atoms with E-state index in [1.165, 1.54) is 21.0 Å². The first-order chi connectivity index (χ1) is 7.43. The molecule has 0 amide bonds. The van der Waals surface area contributed by atoms with Gasteiger partial charge < -0.3 is 10.8 Å². The summed E-state index contributed by atoms with van der Waals surface area (Å²) in [5.74, 6) is 0. The molecule has 0 unspecified atom stereocenters. The van der Waals surface area contributed by atoms with Gasteiger partial charge in [-0.25, -0.2) is 0 Å². The van der Waals surface area contributed by atoms with E-state index in [0.717, 1.165) is 6.54 Å². The minimum Gasteiger partial charge on any atom is -0.412 e. The Bertz CT molecular complexity index is 453. The predicted octanol–water partition coefficient (Wildman–Crippen LogP) is 2.94. The van der Waals surface area contributed by atoms with Crippen molar-refractivity contribution in [3.8, 4) is 0 Å². The van der Waals surface area contributed by atoms with Gasteiger partial charge in [0.15, 0.2) is 0 Å². The maximum atomic E-state index is 3.46. The number of hydrogen-bond acceptors (Lipinski definition) is 2. The molecule has 16 heavy (non-hydrogen) atoms. The molecule has 1 heterocycles. The van der Waals surface area contributed by atoms with Gasteiger partial charge in [-0.3, -0.25) is 0 Å². The minimum absolute atomic E-state index is 0. The first kappa shape index (κ1) is 11.0. The third-order valence-electron chi connectivity index (χ3n) is 2.55. The Morgan fingerprint density at radius 2 is 1.56 bits per heavy atom. The van der Waals surface area contributed by atoms with E-state index < -0.39 is 0 Å². The third-order valence-corrected chi connectivity index (χ3v) is 3.74. The van der Waals surface area contributed by atoms with E-state index in [-0.39, 0.29) is 5.48 Å². The summed E-state index contributed by atoms with van der Waals surface area (Å²) in [6, 6.07) is 17.0. The molecule has 2 aromatic rings. The van der Waals surface area contributed by atoms with E-state index in [0.29, 0.717) is 0 Å². The van der Waals surface area contributed by atoms with Gasteiger partial charge in [0.1, 0.15) is 0 Å². The van der Waals surface area contributed by atoms with Crippen LogP contribution < -0.4 is 5.32 Å². The summed E-state index contributed by atoms with van der Waals surface area (Å²) in [6.45, 7) is 0.917. The van der Waals surface area contributed by atoms with E-state index in [9.17, 15) is 0 Å². The van der Waals surface area contributed by atoms with E-state index >= 15 is 0 Å². The molecule has 0 aromatic heterocycles. The lowest BCUT2D eigenvalue weighted by Gasteiger charge is -2.04. The molecule has 2 aromatic carbocycles. The highest BCUT2D eigenvalue weighted by Crippen LogP contribution is 2.38. The van der Waals surface area contributed by atoms with Crippen molar-refractivity contribution in [1.82, 2.24) is 0 Å². The van der Waals surface area contributed by atoms with Crippen LogP contribution in [0.15, 0.2) is 58.3 Å². The molecule has 1 aliphatic heterocycles. The summed E-state index contributed by atoms with van der Waals surface area (Å²) in [5.41, 5.74) is 2.61. The van der Waals surface area contributed by atoms with E-state index in [1.54, 1.807) is 0 Å². The van der Waals surface area contributed by atoms with Crippen molar-refractivity contribution >= 4 is 17.4 Å². The number of fused-ring (bicyclic) bond motifs is 2. The van der Waals surface area contributed by atoms with Crippen molar-refractivity contribution in [2.45, 2.75) is 16.3 Å². The van der Waals surface area contributed by atoms with Crippen molar-refractivity contribution in [1.29, 1.82) is 0 Å². The van der Waals surface area contributed by atoms with Crippen LogP contribution in [-0.2, 0) is 6.54 Å². The molecule has 2 nitrogen and oxygen atoms in total. The first-order valence-corrected chi connectivity index (χ1v) is 5.84. The summed E-state index contributed by atoms with van der Waals surface area (Å²) < 4.78 is 0. The Morgan fingerprint density at radius 3 is 2.44 bits per heavy atom. The van der Waals surface area contributed by atoms with Crippen molar-refractivity contribution < 1.29 is 5.48 Å². The highest BCUT2D eigenvalue weighted by atomic mass is 32.2. The highest BCUT2D eigenvalue weighted by molar-refractivity contribution is 7.99. The zero-order valence-corrected chi connectivity index (χ0v) is 9.55. The molecule has 3 rings (SSSR count). The van der Waals surface area contributed by atoms with Crippen LogP contribution in [0.1, 0.15) is 5.56 Å². The Kier molecular flexibility index (Phi) is 3.17. The molecule has 0 spiro atoms. The number of benzene rings is 2. The average Bonchev–Trinajstić information content (AvgIpc) is 2.48. The van der Waals surface area contributed by atoms with Crippen LogP contribution in [0.25, 0.3) is 0 Å². The number of hydrogen-bond donors (Lipinski definition) is 1. The zero-order chi connectivity index (χ0) is 10.1. The SMILES string of the molecule is O.c1ccc2c(c1)CNc1ccccc1S2. The molecular formula is C13H13NOS. The molecule has 3 heteroatoms. The topological polar surface area (TPSA) is 43.5 Å². The maximum absolute atomic E-state index is 3.46. The predicted molar refractivity (Wildman–Crippen MR) is 67.9 cm³/mol. The van der Waals surface area contributed by atoms with Gasteiger partial charge in [-0.05, 0) is 23.8 Å². The normalized spacial score (nSPS) is 12.5. The van der Waals surface area contributed by atoms with Gasteiger partial charge in [0, 0.05) is 22.0 Å². The van der Waals surface area contributed by atoms with Crippen LogP contribution in [-0.4, -0.2) is 5.48 Å². The molecule has 82 valence electrons. The van der Waals surface area contributed by atoms with Gasteiger partial charge >= 0.3 is 0 Å². The van der Waals surface area contributed by atoms with Gasteiger partial charge in [0.25, 0.3) is 0 Å². The summed E-state index contributed by atoms with van der Waals surface area (Å²) in [5, 5.41) is 3.46. The second-order valence-electron chi connectivity index (χ2n) is 3.56. The van der Waals surface area contributed by atoms with Gasteiger partial charge in [0.05, 0.1) is 0 Å². The first-order valence-electron chi connectivity index (χ1n) is 5.02. The lowest BCUT2D eigenvalue weighted by molar-refractivity contribution is 0.824. The summed E-state index contributed by atoms with van der Waals surface area (Å²) in [7, 11) is 0. The quantitative estimate of drug-likeness (QED) is 0.757. The molecule has 0 fully saturated rings. The average molecular weight is 231 g/mol. The molecule has 0 saturated heterocycles. The van der Waals surface area contributed by atoms with Gasteiger partial charge in [-0.15, -0.1) is 0 Å². The standard InChI is InChI=1S/C13H11NS.H2O/c1-3-7-12-10(5-1)9-14-11-6-2-4-8-13(11)15-12;/h1-8,14H,9H2;1H2. The molecule has 1 aliphatic rings. The van der Waals surface area contributed by atoms with Gasteiger partial charge in [0.2, 0.25) is 0 Å². The van der Waals surface area contributed by atoms with Crippen LogP contribution in [0.5, 0.6) is 0 Å². The lowest BCUT2D eigenvalue weighted by atomic mass is 10.2. The Morgan fingerprint density at radius 1 is 0.875 bits per heavy atom. The van der Waals surface area contributed by atoms with Crippen molar-refractivity contribution in [3.05, 3.63) is 54.1 Å². The number of para-hydroxylation sites is 1. The van der Waals surface area contributed by atoms with Crippen molar-refractivity contribution in [2.24, 2.45) is 0 Å². The monoisotopic (exact) mass is 231 g/mol. The molecular weight excluding hydrogens is 218 g/mol. The van der Waals surface area contributed by atoms with Crippen LogP contribution in [0.2, 0.25) is 0 Å². The van der Waals surface area contributed by atoms with E-state index in [1.807, 2.05) is 11.8 Å². The number of nitrogens with one attached hydrogen (secondary N) is 1. The fraction of sp³-hybridized carbons (Fsp3) is 0.0769. The fourth-order valence-corrected chi connectivity index (χ4v) is 2.81. The van der Waals surface area contributed by atoms with Crippen LogP contribution in [0, 0.1) is 0 Å². The maximum Gasteiger partial charge on any atom is 0.0484 e. The van der Waals surface area contributed by atoms with Crippen molar-refractivity contribution in [3.63, 3.8) is 0 Å². The summed E-state index contributed by atoms with van der Waals surface area (Å²) >= 11 is 1.84. The second kappa shape index (κ2) is 4.60. The van der Waals surface area contributed by atoms with Crippen LogP contribution in [0.3, 0.4) is 0 Å². The molecule has 0 atom stereocenters. The molecule has 0 radical (unpaired) electrons. The highest BCUT2D eigenvalue weighted by Gasteiger charge is 2.11. The van der Waals surface area contributed by atoms with Gasteiger partial charge in [-0.1, -0.05) is 42.1 Å². The second-order valence-corrected chi connectivity index (χ2v) is 4.64. The third kappa shape index (κ3) is 1.92. The zero-order valence-electron chi connectivity index (χ0n) is 8.73. The van der Waals surface area contributed by atoms with Crippen LogP contribution >= 0.6 is 11.8 Å². The Balaban J connectivity index is 0.000000963. The molecule has 3 N–H and O–H groups in total. The van der Waals surface area contributed by atoms with E-state index in [2.05, 4.69) is 53.8 Å². The molecule has 0 aliphatic carbocycles. The van der Waals surface area contributed by atoms with Crippen molar-refractivity contribution in [2.75, 3.05) is 5.32 Å². The molecule has 0 bridgehead atoms. The Hall–Kier alpha value is -1.45. The number of rotatable bonds is 0. The smallest absolute Gasteiger partial charge is 0.0484 e. The fourth-order valence-electron chi connectivity index (χ4n) is 1.76. The molecule has 0 saturated carbocycles. The van der Waals surface area contributed by atoms with Crippen LogP contribution in [0.4, 0.5) is 5.69 Å². The largest absolute Gasteiger partial charge is 0.412 e. The summed E-state index contributed by atoms with van der Waals surface area (Å²) in [4.78, 5) is 2.66. The minimum atomic E-state index is 0. The number of anilines is 1. The Labute approximate surface area is 99.0 Å².